The molecule has 158 valence electrons. The normalized spacial score (nSPS) is 14.2. The lowest BCUT2D eigenvalue weighted by Crippen LogP contribution is -2.22. The predicted molar refractivity (Wildman–Crippen MR) is 121 cm³/mol. The number of aromatic nitrogens is 1. The average molecular weight is 481 g/mol. The molecule has 31 heavy (non-hydrogen) atoms. The van der Waals surface area contributed by atoms with Crippen LogP contribution in [0.2, 0.25) is 0 Å². The van der Waals surface area contributed by atoms with Gasteiger partial charge in [-0.3, -0.25) is 9.59 Å². The van der Waals surface area contributed by atoms with Gasteiger partial charge in [0.2, 0.25) is 0 Å². The minimum atomic E-state index is -0.360. The van der Waals surface area contributed by atoms with Crippen molar-refractivity contribution >= 4 is 39.3 Å². The highest BCUT2D eigenvalue weighted by atomic mass is 79.9. The van der Waals surface area contributed by atoms with Crippen LogP contribution in [0.25, 0.3) is 0 Å². The molecule has 1 aliphatic carbocycles. The number of carbonyl (C=O) groups is 2. The molecule has 8 heteroatoms. The maximum Gasteiger partial charge on any atom is 0.292 e. The molecule has 2 aromatic heterocycles. The van der Waals surface area contributed by atoms with Gasteiger partial charge in [0.25, 0.3) is 11.8 Å². The molecule has 0 radical (unpaired) electrons. The second kappa shape index (κ2) is 8.85. The summed E-state index contributed by atoms with van der Waals surface area (Å²) in [6.07, 6.45) is 2.22. The lowest BCUT2D eigenvalue weighted by Gasteiger charge is -2.13. The van der Waals surface area contributed by atoms with E-state index in [4.69, 9.17) is 4.42 Å². The number of furan rings is 1. The van der Waals surface area contributed by atoms with Crippen molar-refractivity contribution in [2.24, 2.45) is 5.10 Å². The van der Waals surface area contributed by atoms with Crippen LogP contribution in [0.15, 0.2) is 56.5 Å². The van der Waals surface area contributed by atoms with Crippen molar-refractivity contribution in [3.63, 3.8) is 0 Å². The van der Waals surface area contributed by atoms with Crippen LogP contribution in [-0.2, 0) is 6.42 Å². The number of hydrogen-bond acceptors (Lipinski definition) is 5. The number of rotatable bonds is 4. The smallest absolute Gasteiger partial charge is 0.292 e. The van der Waals surface area contributed by atoms with E-state index in [1.807, 2.05) is 32.0 Å². The summed E-state index contributed by atoms with van der Waals surface area (Å²) in [4.78, 5) is 29.6. The van der Waals surface area contributed by atoms with E-state index in [1.54, 1.807) is 24.3 Å². The maximum atomic E-state index is 12.8. The van der Waals surface area contributed by atoms with E-state index < -0.39 is 0 Å². The van der Waals surface area contributed by atoms with Crippen LogP contribution < -0.4 is 10.7 Å². The SMILES string of the molecule is Cc1cccc(NC(=O)c2oc3c(c2C)/C(=N/NC(=O)c2ccccc2Br)CCC3)n1. The molecule has 1 aromatic carbocycles. The maximum absolute atomic E-state index is 12.8. The van der Waals surface area contributed by atoms with Crippen LogP contribution in [0, 0.1) is 13.8 Å². The van der Waals surface area contributed by atoms with Crippen LogP contribution in [0.4, 0.5) is 5.82 Å². The van der Waals surface area contributed by atoms with E-state index >= 15 is 0 Å². The molecule has 2 amide bonds. The molecule has 2 N–H and O–H groups in total. The highest BCUT2D eigenvalue weighted by Gasteiger charge is 2.28. The highest BCUT2D eigenvalue weighted by molar-refractivity contribution is 9.10. The van der Waals surface area contributed by atoms with Crippen molar-refractivity contribution in [1.82, 2.24) is 10.4 Å². The number of pyridine rings is 1. The average Bonchev–Trinajstić information content (AvgIpc) is 3.10. The summed E-state index contributed by atoms with van der Waals surface area (Å²) >= 11 is 3.38. The van der Waals surface area contributed by atoms with Gasteiger partial charge in [-0.25, -0.2) is 10.4 Å². The van der Waals surface area contributed by atoms with Crippen LogP contribution in [0.1, 0.15) is 56.3 Å². The molecule has 0 bridgehead atoms. The molecule has 4 rings (SSSR count). The topological polar surface area (TPSA) is 96.6 Å². The third-order valence-corrected chi connectivity index (χ3v) is 5.76. The van der Waals surface area contributed by atoms with Crippen LogP contribution >= 0.6 is 15.9 Å². The summed E-state index contributed by atoms with van der Waals surface area (Å²) in [5, 5.41) is 7.15. The Kier molecular flexibility index (Phi) is 5.99. The fourth-order valence-electron chi connectivity index (χ4n) is 3.61. The molecule has 2 heterocycles. The summed E-state index contributed by atoms with van der Waals surface area (Å²) in [5.41, 5.74) is 6.13. The van der Waals surface area contributed by atoms with Crippen molar-refractivity contribution in [2.75, 3.05) is 5.32 Å². The molecule has 0 spiro atoms. The van der Waals surface area contributed by atoms with Gasteiger partial charge in [0.15, 0.2) is 5.76 Å². The number of halogens is 1. The minimum absolute atomic E-state index is 0.236. The number of nitrogens with one attached hydrogen (secondary N) is 2. The number of hydrazone groups is 1. The Bertz CT molecular complexity index is 1200. The Morgan fingerprint density at radius 2 is 1.87 bits per heavy atom. The number of hydrogen-bond donors (Lipinski definition) is 2. The standard InChI is InChI=1S/C23H21BrN4O3/c1-13-7-5-12-19(25-13)26-23(30)21-14(2)20-17(10-6-11-18(20)31-21)27-28-22(29)15-8-3-4-9-16(15)24/h3-5,7-9,12H,6,10-11H2,1-2H3,(H,28,29)(H,25,26,30)/b27-17+. The minimum Gasteiger partial charge on any atom is -0.455 e. The van der Waals surface area contributed by atoms with Crippen molar-refractivity contribution in [3.8, 4) is 0 Å². The lowest BCUT2D eigenvalue weighted by atomic mass is 9.93. The molecule has 0 atom stereocenters. The Hall–Kier alpha value is -3.26. The quantitative estimate of drug-likeness (QED) is 0.525. The second-order valence-corrected chi connectivity index (χ2v) is 8.16. The van der Waals surface area contributed by atoms with Gasteiger partial charge in [0.1, 0.15) is 11.6 Å². The number of nitrogens with zero attached hydrogens (tertiary/aromatic N) is 2. The molecular weight excluding hydrogens is 460 g/mol. The second-order valence-electron chi connectivity index (χ2n) is 7.31. The summed E-state index contributed by atoms with van der Waals surface area (Å²) in [6, 6.07) is 12.6. The first-order chi connectivity index (χ1) is 14.9. The number of anilines is 1. The summed E-state index contributed by atoms with van der Waals surface area (Å²) < 4.78 is 6.60. The number of amides is 2. The fourth-order valence-corrected chi connectivity index (χ4v) is 4.07. The number of carbonyl (C=O) groups excluding carboxylic acids is 2. The van der Waals surface area contributed by atoms with Crippen molar-refractivity contribution in [1.29, 1.82) is 0 Å². The van der Waals surface area contributed by atoms with Crippen LogP contribution in [0.3, 0.4) is 0 Å². The summed E-state index contributed by atoms with van der Waals surface area (Å²) in [7, 11) is 0. The number of fused-ring (bicyclic) bond motifs is 1. The molecule has 1 aliphatic rings. The molecule has 0 saturated carbocycles. The van der Waals surface area contributed by atoms with Gasteiger partial charge < -0.3 is 9.73 Å². The zero-order valence-corrected chi connectivity index (χ0v) is 18.7. The van der Waals surface area contributed by atoms with E-state index in [-0.39, 0.29) is 17.6 Å². The molecule has 3 aromatic rings. The van der Waals surface area contributed by atoms with E-state index in [0.717, 1.165) is 17.7 Å². The van der Waals surface area contributed by atoms with Gasteiger partial charge in [0.05, 0.1) is 11.3 Å². The largest absolute Gasteiger partial charge is 0.455 e. The predicted octanol–water partition coefficient (Wildman–Crippen LogP) is 4.78. The van der Waals surface area contributed by atoms with E-state index in [0.29, 0.717) is 45.7 Å². The first-order valence-electron chi connectivity index (χ1n) is 9.93. The zero-order valence-electron chi connectivity index (χ0n) is 17.2. The molecule has 0 fully saturated rings. The molecule has 0 saturated heterocycles. The third-order valence-electron chi connectivity index (χ3n) is 5.07. The van der Waals surface area contributed by atoms with Gasteiger partial charge in [0, 0.05) is 27.7 Å². The van der Waals surface area contributed by atoms with Gasteiger partial charge in [-0.1, -0.05) is 18.2 Å². The lowest BCUT2D eigenvalue weighted by molar-refractivity contribution is 0.0952. The fraction of sp³-hybridized carbons (Fsp3) is 0.217. The van der Waals surface area contributed by atoms with Gasteiger partial charge in [-0.05, 0) is 66.9 Å². The Morgan fingerprint density at radius 3 is 2.65 bits per heavy atom. The molecule has 7 nitrogen and oxygen atoms in total. The number of benzene rings is 1. The van der Waals surface area contributed by atoms with Crippen LogP contribution in [-0.4, -0.2) is 22.5 Å². The van der Waals surface area contributed by atoms with Crippen molar-refractivity contribution in [3.05, 3.63) is 80.8 Å². The first kappa shape index (κ1) is 21.0. The zero-order chi connectivity index (χ0) is 22.0. The first-order valence-corrected chi connectivity index (χ1v) is 10.7. The van der Waals surface area contributed by atoms with Crippen molar-refractivity contribution < 1.29 is 14.0 Å². The third kappa shape index (κ3) is 4.44. The molecular formula is C23H21BrN4O3. The van der Waals surface area contributed by atoms with Gasteiger partial charge in [-0.15, -0.1) is 0 Å². The van der Waals surface area contributed by atoms with Gasteiger partial charge in [-0.2, -0.15) is 5.10 Å². The Labute approximate surface area is 188 Å². The Balaban J connectivity index is 1.58. The molecule has 0 aliphatic heterocycles. The Morgan fingerprint density at radius 1 is 1.06 bits per heavy atom. The number of aryl methyl sites for hydroxylation is 2. The van der Waals surface area contributed by atoms with E-state index in [9.17, 15) is 9.59 Å². The summed E-state index contributed by atoms with van der Waals surface area (Å²) in [6.45, 7) is 3.69. The monoisotopic (exact) mass is 480 g/mol. The summed E-state index contributed by atoms with van der Waals surface area (Å²) in [5.74, 6) is 0.742. The highest BCUT2D eigenvalue weighted by Crippen LogP contribution is 2.30. The van der Waals surface area contributed by atoms with E-state index in [1.165, 1.54) is 0 Å². The molecule has 0 unspecified atom stereocenters. The van der Waals surface area contributed by atoms with Gasteiger partial charge >= 0.3 is 0 Å². The van der Waals surface area contributed by atoms with Crippen LogP contribution in [0.5, 0.6) is 0 Å². The van der Waals surface area contributed by atoms with E-state index in [2.05, 4.69) is 36.8 Å². The van der Waals surface area contributed by atoms with Crippen molar-refractivity contribution in [2.45, 2.75) is 33.1 Å².